The molecule has 0 saturated carbocycles. The second kappa shape index (κ2) is 5.26. The lowest BCUT2D eigenvalue weighted by molar-refractivity contribution is 0.0937. The van der Waals surface area contributed by atoms with Gasteiger partial charge in [0.15, 0.2) is 15.7 Å². The number of carbonyl (C=O) groups excluding carboxylic acids is 1. The van der Waals surface area contributed by atoms with E-state index < -0.39 is 33.0 Å². The number of hydrogen-bond donors (Lipinski definition) is 1. The van der Waals surface area contributed by atoms with Gasteiger partial charge >= 0.3 is 0 Å². The molecule has 1 amide bonds. The highest BCUT2D eigenvalue weighted by Crippen LogP contribution is 2.21. The van der Waals surface area contributed by atoms with Gasteiger partial charge in [-0.2, -0.15) is 0 Å². The number of sulfone groups is 1. The topological polar surface area (TPSA) is 63.2 Å². The fourth-order valence-corrected chi connectivity index (χ4v) is 4.59. The highest BCUT2D eigenvalue weighted by atomic mass is 35.5. The van der Waals surface area contributed by atoms with E-state index in [1.807, 2.05) is 0 Å². The minimum absolute atomic E-state index is 0.172. The Labute approximate surface area is 119 Å². The molecule has 2 unspecified atom stereocenters. The van der Waals surface area contributed by atoms with Crippen LogP contribution in [-0.2, 0) is 9.84 Å². The Balaban J connectivity index is 2.16. The number of rotatable bonds is 2. The van der Waals surface area contributed by atoms with Crippen molar-refractivity contribution in [3.8, 4) is 0 Å². The molecular weight excluding hydrogens is 316 g/mol. The summed E-state index contributed by atoms with van der Waals surface area (Å²) in [5, 5.41) is 1.54. The maximum atomic E-state index is 13.6. The summed E-state index contributed by atoms with van der Waals surface area (Å²) in [7, 11) is -3.26. The average molecular weight is 326 g/mol. The van der Waals surface area contributed by atoms with Gasteiger partial charge in [-0.3, -0.25) is 4.79 Å². The predicted molar refractivity (Wildman–Crippen MR) is 71.0 cm³/mol. The van der Waals surface area contributed by atoms with E-state index in [0.717, 1.165) is 0 Å². The van der Waals surface area contributed by atoms with Crippen LogP contribution in [0.2, 0.25) is 5.02 Å². The van der Waals surface area contributed by atoms with Gasteiger partial charge in [0, 0.05) is 0 Å². The van der Waals surface area contributed by atoms with Crippen LogP contribution in [0.1, 0.15) is 10.4 Å². The minimum atomic E-state index is -3.26. The third-order valence-electron chi connectivity index (χ3n) is 2.80. The van der Waals surface area contributed by atoms with Crippen LogP contribution < -0.4 is 5.32 Å². The molecule has 4 nitrogen and oxygen atoms in total. The van der Waals surface area contributed by atoms with E-state index in [-0.39, 0.29) is 22.1 Å². The predicted octanol–water partition coefficient (Wildman–Crippen LogP) is 1.61. The summed E-state index contributed by atoms with van der Waals surface area (Å²) >= 11 is 11.4. The fraction of sp³-hybridized carbons (Fsp3) is 0.364. The standard InChI is InChI=1S/C11H10Cl2FNO3S/c12-7-3-1-2-6(10(7)14)11(16)15-9-5-19(17,18)4-8(9)13/h1-3,8-9H,4-5H2,(H,15,16). The van der Waals surface area contributed by atoms with Crippen molar-refractivity contribution in [3.63, 3.8) is 0 Å². The zero-order valence-electron chi connectivity index (χ0n) is 9.57. The van der Waals surface area contributed by atoms with Crippen molar-refractivity contribution < 1.29 is 17.6 Å². The van der Waals surface area contributed by atoms with Crippen LogP contribution in [0, 0.1) is 5.82 Å². The first kappa shape index (κ1) is 14.6. The van der Waals surface area contributed by atoms with Gasteiger partial charge in [-0.1, -0.05) is 17.7 Å². The number of alkyl halides is 1. The van der Waals surface area contributed by atoms with Crippen molar-refractivity contribution in [2.45, 2.75) is 11.4 Å². The Morgan fingerprint density at radius 1 is 1.37 bits per heavy atom. The van der Waals surface area contributed by atoms with Crippen LogP contribution in [0.4, 0.5) is 4.39 Å². The molecule has 1 aliphatic rings. The summed E-state index contributed by atoms with van der Waals surface area (Å²) in [5.74, 6) is -2.01. The number of benzene rings is 1. The van der Waals surface area contributed by atoms with E-state index in [0.29, 0.717) is 0 Å². The van der Waals surface area contributed by atoms with Gasteiger partial charge in [-0.25, -0.2) is 12.8 Å². The zero-order valence-corrected chi connectivity index (χ0v) is 11.9. The molecule has 0 bridgehead atoms. The normalized spacial score (nSPS) is 25.2. The number of carbonyl (C=O) groups is 1. The second-order valence-electron chi connectivity index (χ2n) is 4.27. The third kappa shape index (κ3) is 3.19. The highest BCUT2D eigenvalue weighted by Gasteiger charge is 2.37. The minimum Gasteiger partial charge on any atom is -0.347 e. The van der Waals surface area contributed by atoms with Crippen molar-refractivity contribution in [1.82, 2.24) is 5.32 Å². The van der Waals surface area contributed by atoms with Crippen molar-refractivity contribution in [2.75, 3.05) is 11.5 Å². The highest BCUT2D eigenvalue weighted by molar-refractivity contribution is 7.91. The van der Waals surface area contributed by atoms with E-state index >= 15 is 0 Å². The summed E-state index contributed by atoms with van der Waals surface area (Å²) in [4.78, 5) is 11.9. The monoisotopic (exact) mass is 325 g/mol. The van der Waals surface area contributed by atoms with E-state index in [1.54, 1.807) is 0 Å². The average Bonchev–Trinajstić information content (AvgIpc) is 2.55. The fourth-order valence-electron chi connectivity index (χ4n) is 1.86. The molecule has 0 spiro atoms. The van der Waals surface area contributed by atoms with Crippen LogP contribution in [0.3, 0.4) is 0 Å². The van der Waals surface area contributed by atoms with Crippen molar-refractivity contribution >= 4 is 38.9 Å². The van der Waals surface area contributed by atoms with E-state index in [2.05, 4.69) is 5.32 Å². The molecule has 1 aromatic rings. The van der Waals surface area contributed by atoms with Gasteiger partial charge in [0.25, 0.3) is 5.91 Å². The first-order valence-corrected chi connectivity index (χ1v) is 8.03. The number of hydrogen-bond acceptors (Lipinski definition) is 3. The van der Waals surface area contributed by atoms with E-state index in [1.165, 1.54) is 18.2 Å². The molecule has 8 heteroatoms. The molecule has 2 rings (SSSR count). The van der Waals surface area contributed by atoms with Gasteiger partial charge in [-0.15, -0.1) is 11.6 Å². The van der Waals surface area contributed by atoms with Crippen LogP contribution in [0.15, 0.2) is 18.2 Å². The molecular formula is C11H10Cl2FNO3S. The SMILES string of the molecule is O=C(NC1CS(=O)(=O)CC1Cl)c1cccc(Cl)c1F. The molecule has 104 valence electrons. The molecule has 19 heavy (non-hydrogen) atoms. The van der Waals surface area contributed by atoms with E-state index in [4.69, 9.17) is 23.2 Å². The second-order valence-corrected chi connectivity index (χ2v) is 7.40. The van der Waals surface area contributed by atoms with Crippen LogP contribution >= 0.6 is 23.2 Å². The molecule has 2 atom stereocenters. The smallest absolute Gasteiger partial charge is 0.254 e. The number of amides is 1. The van der Waals surface area contributed by atoms with Gasteiger partial charge in [0.05, 0.1) is 33.5 Å². The molecule has 1 aromatic carbocycles. The first-order valence-electron chi connectivity index (χ1n) is 5.39. The van der Waals surface area contributed by atoms with Crippen LogP contribution in [-0.4, -0.2) is 37.2 Å². The number of nitrogens with one attached hydrogen (secondary N) is 1. The molecule has 0 radical (unpaired) electrons. The lowest BCUT2D eigenvalue weighted by Gasteiger charge is -2.14. The summed E-state index contributed by atoms with van der Waals surface area (Å²) in [6.07, 6.45) is 0. The summed E-state index contributed by atoms with van der Waals surface area (Å²) in [6.45, 7) is 0. The van der Waals surface area contributed by atoms with Crippen molar-refractivity contribution in [3.05, 3.63) is 34.6 Å². The van der Waals surface area contributed by atoms with Gasteiger partial charge in [0.1, 0.15) is 0 Å². The lowest BCUT2D eigenvalue weighted by atomic mass is 10.1. The summed E-state index contributed by atoms with van der Waals surface area (Å²) in [6, 6.07) is 3.29. The van der Waals surface area contributed by atoms with Crippen LogP contribution in [0.5, 0.6) is 0 Å². The number of halogens is 3. The maximum Gasteiger partial charge on any atom is 0.254 e. The van der Waals surface area contributed by atoms with Gasteiger partial charge in [-0.05, 0) is 12.1 Å². The summed E-state index contributed by atoms with van der Waals surface area (Å²) < 4.78 is 36.4. The largest absolute Gasteiger partial charge is 0.347 e. The molecule has 0 aliphatic carbocycles. The lowest BCUT2D eigenvalue weighted by Crippen LogP contribution is -2.41. The first-order chi connectivity index (χ1) is 8.80. The van der Waals surface area contributed by atoms with Crippen molar-refractivity contribution in [1.29, 1.82) is 0 Å². The Hall–Kier alpha value is -0.850. The van der Waals surface area contributed by atoms with Gasteiger partial charge in [0.2, 0.25) is 0 Å². The van der Waals surface area contributed by atoms with Gasteiger partial charge < -0.3 is 5.32 Å². The molecule has 1 N–H and O–H groups in total. The molecule has 1 saturated heterocycles. The quantitative estimate of drug-likeness (QED) is 0.840. The molecule has 0 aromatic heterocycles. The Morgan fingerprint density at radius 2 is 2.05 bits per heavy atom. The maximum absolute atomic E-state index is 13.6. The Morgan fingerprint density at radius 3 is 2.63 bits per heavy atom. The van der Waals surface area contributed by atoms with E-state index in [9.17, 15) is 17.6 Å². The molecule has 1 aliphatic heterocycles. The summed E-state index contributed by atoms with van der Waals surface area (Å²) in [5.41, 5.74) is -0.235. The van der Waals surface area contributed by atoms with Crippen molar-refractivity contribution in [2.24, 2.45) is 0 Å². The molecule has 1 heterocycles. The Bertz CT molecular complexity index is 620. The third-order valence-corrected chi connectivity index (χ3v) is 5.46. The van der Waals surface area contributed by atoms with Crippen LogP contribution in [0.25, 0.3) is 0 Å². The Kier molecular flexibility index (Phi) is 4.03. The zero-order chi connectivity index (χ0) is 14.2. The molecule has 1 fully saturated rings.